The molecule has 0 radical (unpaired) electrons. The summed E-state index contributed by atoms with van der Waals surface area (Å²) in [6, 6.07) is 6.48. The molecular weight excluding hydrogens is 316 g/mol. The minimum atomic E-state index is -3.50. The molecule has 6 nitrogen and oxygen atoms in total. The number of benzene rings is 1. The van der Waals surface area contributed by atoms with Crippen LogP contribution in [-0.2, 0) is 14.6 Å². The van der Waals surface area contributed by atoms with Crippen molar-refractivity contribution in [2.75, 3.05) is 32.5 Å². The fourth-order valence-corrected chi connectivity index (χ4v) is 4.27. The summed E-state index contributed by atoms with van der Waals surface area (Å²) in [4.78, 5) is 14.4. The summed E-state index contributed by atoms with van der Waals surface area (Å²) >= 11 is 0. The third-order valence-electron chi connectivity index (χ3n) is 3.99. The van der Waals surface area contributed by atoms with E-state index in [2.05, 4.69) is 5.32 Å². The van der Waals surface area contributed by atoms with Gasteiger partial charge in [-0.1, -0.05) is 6.92 Å². The first kappa shape index (κ1) is 17.7. The van der Waals surface area contributed by atoms with Gasteiger partial charge in [-0.25, -0.2) is 8.42 Å². The molecule has 0 saturated carbocycles. The molecule has 0 spiro atoms. The first-order valence-electron chi connectivity index (χ1n) is 7.72. The number of carbonyl (C=O) groups is 1. The van der Waals surface area contributed by atoms with Crippen LogP contribution in [0.1, 0.15) is 13.8 Å². The van der Waals surface area contributed by atoms with Crippen LogP contribution in [0.5, 0.6) is 5.75 Å². The fourth-order valence-electron chi connectivity index (χ4n) is 2.72. The molecule has 0 aromatic heterocycles. The van der Waals surface area contributed by atoms with Gasteiger partial charge in [-0.2, -0.15) is 0 Å². The molecule has 128 valence electrons. The zero-order chi connectivity index (χ0) is 17.0. The fraction of sp³-hybridized carbons (Fsp3) is 0.562. The highest BCUT2D eigenvalue weighted by Crippen LogP contribution is 2.19. The molecule has 0 unspecified atom stereocenters. The van der Waals surface area contributed by atoms with Crippen molar-refractivity contribution in [1.29, 1.82) is 0 Å². The lowest BCUT2D eigenvalue weighted by molar-refractivity contribution is -0.135. The minimum absolute atomic E-state index is 0.101. The van der Waals surface area contributed by atoms with Crippen molar-refractivity contribution in [3.8, 4) is 5.75 Å². The molecule has 0 bridgehead atoms. The molecule has 1 saturated heterocycles. The number of rotatable bonds is 5. The third-order valence-corrected chi connectivity index (χ3v) is 5.92. The van der Waals surface area contributed by atoms with E-state index in [0.29, 0.717) is 18.8 Å². The lowest BCUT2D eigenvalue weighted by atomic mass is 10.1. The number of piperazine rings is 1. The van der Waals surface area contributed by atoms with Gasteiger partial charge in [-0.15, -0.1) is 0 Å². The molecule has 1 aliphatic heterocycles. The summed E-state index contributed by atoms with van der Waals surface area (Å²) in [6.07, 6.45) is 0. The van der Waals surface area contributed by atoms with Crippen molar-refractivity contribution in [2.45, 2.75) is 24.8 Å². The van der Waals surface area contributed by atoms with Crippen LogP contribution in [0.15, 0.2) is 29.2 Å². The molecule has 1 aromatic rings. The Morgan fingerprint density at radius 2 is 2.04 bits per heavy atom. The number of nitrogens with one attached hydrogen (secondary N) is 1. The quantitative estimate of drug-likeness (QED) is 0.863. The Hall–Kier alpha value is -1.60. The highest BCUT2D eigenvalue weighted by Gasteiger charge is 2.28. The monoisotopic (exact) mass is 340 g/mol. The SMILES string of the molecule is COc1ccc(S(=O)(=O)C[C@@H](C)C(=O)N2CCN[C@@H](C)C2)cc1. The van der Waals surface area contributed by atoms with Crippen LogP contribution < -0.4 is 10.1 Å². The lowest BCUT2D eigenvalue weighted by Gasteiger charge is -2.33. The average molecular weight is 340 g/mol. The molecule has 7 heteroatoms. The van der Waals surface area contributed by atoms with E-state index < -0.39 is 15.8 Å². The van der Waals surface area contributed by atoms with E-state index in [-0.39, 0.29) is 22.6 Å². The number of ether oxygens (including phenoxy) is 1. The van der Waals surface area contributed by atoms with Gasteiger partial charge in [0, 0.05) is 31.6 Å². The second-order valence-electron chi connectivity index (χ2n) is 6.00. The molecule has 1 heterocycles. The molecule has 23 heavy (non-hydrogen) atoms. The van der Waals surface area contributed by atoms with Gasteiger partial charge < -0.3 is 15.0 Å². The molecule has 1 amide bonds. The smallest absolute Gasteiger partial charge is 0.226 e. The third kappa shape index (κ3) is 4.45. The van der Waals surface area contributed by atoms with Crippen LogP contribution in [0.4, 0.5) is 0 Å². The Bertz CT molecular complexity index is 643. The van der Waals surface area contributed by atoms with Crippen LogP contribution in [-0.4, -0.2) is 57.8 Å². The second-order valence-corrected chi connectivity index (χ2v) is 8.03. The molecular formula is C16H24N2O4S. The van der Waals surface area contributed by atoms with E-state index >= 15 is 0 Å². The van der Waals surface area contributed by atoms with E-state index in [1.165, 1.54) is 19.2 Å². The number of sulfone groups is 1. The van der Waals surface area contributed by atoms with Crippen molar-refractivity contribution in [3.63, 3.8) is 0 Å². The molecule has 0 aliphatic carbocycles. The van der Waals surface area contributed by atoms with Crippen molar-refractivity contribution < 1.29 is 17.9 Å². The highest BCUT2D eigenvalue weighted by atomic mass is 32.2. The summed E-state index contributed by atoms with van der Waals surface area (Å²) < 4.78 is 30.0. The van der Waals surface area contributed by atoms with Crippen LogP contribution in [0.3, 0.4) is 0 Å². The van der Waals surface area contributed by atoms with E-state index in [0.717, 1.165) is 6.54 Å². The Morgan fingerprint density at radius 1 is 1.39 bits per heavy atom. The van der Waals surface area contributed by atoms with E-state index in [1.807, 2.05) is 6.92 Å². The van der Waals surface area contributed by atoms with Crippen LogP contribution >= 0.6 is 0 Å². The van der Waals surface area contributed by atoms with Crippen molar-refractivity contribution in [3.05, 3.63) is 24.3 Å². The van der Waals surface area contributed by atoms with Crippen molar-refractivity contribution in [2.24, 2.45) is 5.92 Å². The van der Waals surface area contributed by atoms with Gasteiger partial charge in [0.1, 0.15) is 5.75 Å². The largest absolute Gasteiger partial charge is 0.497 e. The van der Waals surface area contributed by atoms with Gasteiger partial charge >= 0.3 is 0 Å². The van der Waals surface area contributed by atoms with Gasteiger partial charge in [-0.3, -0.25) is 4.79 Å². The zero-order valence-electron chi connectivity index (χ0n) is 13.8. The maximum atomic E-state index is 12.5. The minimum Gasteiger partial charge on any atom is -0.497 e. The van der Waals surface area contributed by atoms with Gasteiger partial charge in [0.25, 0.3) is 0 Å². The summed E-state index contributed by atoms with van der Waals surface area (Å²) in [5, 5.41) is 3.27. The summed E-state index contributed by atoms with van der Waals surface area (Å²) in [5.74, 6) is -0.248. The van der Waals surface area contributed by atoms with E-state index in [4.69, 9.17) is 4.74 Å². The predicted octanol–water partition coefficient (Wildman–Crippen LogP) is 0.925. The van der Waals surface area contributed by atoms with Gasteiger partial charge in [0.15, 0.2) is 9.84 Å². The van der Waals surface area contributed by atoms with E-state index in [1.54, 1.807) is 24.0 Å². The van der Waals surface area contributed by atoms with E-state index in [9.17, 15) is 13.2 Å². The molecule has 1 fully saturated rings. The molecule has 1 aromatic carbocycles. The van der Waals surface area contributed by atoms with Crippen LogP contribution in [0.2, 0.25) is 0 Å². The normalized spacial score (nSPS) is 20.1. The first-order chi connectivity index (χ1) is 10.8. The number of carbonyl (C=O) groups excluding carboxylic acids is 1. The van der Waals surface area contributed by atoms with Gasteiger partial charge in [0.05, 0.1) is 17.8 Å². The topological polar surface area (TPSA) is 75.7 Å². The predicted molar refractivity (Wildman–Crippen MR) is 88.3 cm³/mol. The number of amides is 1. The maximum absolute atomic E-state index is 12.5. The number of hydrogen-bond donors (Lipinski definition) is 1. The van der Waals surface area contributed by atoms with Crippen molar-refractivity contribution >= 4 is 15.7 Å². The second kappa shape index (κ2) is 7.31. The average Bonchev–Trinajstić information content (AvgIpc) is 2.53. The molecule has 1 N–H and O–H groups in total. The van der Waals surface area contributed by atoms with Crippen LogP contribution in [0, 0.1) is 5.92 Å². The molecule has 2 rings (SSSR count). The Labute approximate surface area is 137 Å². The molecule has 1 aliphatic rings. The standard InChI is InChI=1S/C16H24N2O4S/c1-12(16(19)18-9-8-17-13(2)10-18)11-23(20,21)15-6-4-14(22-3)5-7-15/h4-7,12-13,17H,8-11H2,1-3H3/t12-,13+/m1/s1. The number of nitrogens with zero attached hydrogens (tertiary/aromatic N) is 1. The zero-order valence-corrected chi connectivity index (χ0v) is 14.6. The molecule has 2 atom stereocenters. The van der Waals surface area contributed by atoms with Crippen molar-refractivity contribution in [1.82, 2.24) is 10.2 Å². The Morgan fingerprint density at radius 3 is 2.61 bits per heavy atom. The maximum Gasteiger partial charge on any atom is 0.226 e. The lowest BCUT2D eigenvalue weighted by Crippen LogP contribution is -2.53. The Balaban J connectivity index is 2.04. The Kier molecular flexibility index (Phi) is 5.64. The summed E-state index contributed by atoms with van der Waals surface area (Å²) in [5.41, 5.74) is 0. The first-order valence-corrected chi connectivity index (χ1v) is 9.37. The number of methoxy groups -OCH3 is 1. The van der Waals surface area contributed by atoms with Gasteiger partial charge in [-0.05, 0) is 31.2 Å². The highest BCUT2D eigenvalue weighted by molar-refractivity contribution is 7.91. The van der Waals surface area contributed by atoms with Gasteiger partial charge in [0.2, 0.25) is 5.91 Å². The number of hydrogen-bond acceptors (Lipinski definition) is 5. The summed E-state index contributed by atoms with van der Waals surface area (Å²) in [7, 11) is -1.97. The summed E-state index contributed by atoms with van der Waals surface area (Å²) in [6.45, 7) is 5.67. The van der Waals surface area contributed by atoms with Crippen LogP contribution in [0.25, 0.3) is 0 Å².